The zero-order valence-electron chi connectivity index (χ0n) is 14.8. The Morgan fingerprint density at radius 3 is 2.00 bits per heavy atom. The molecule has 4 rings (SSSR count). The van der Waals surface area contributed by atoms with Gasteiger partial charge in [-0.05, 0) is 66.5 Å². The Balaban J connectivity index is 1.75. The van der Waals surface area contributed by atoms with E-state index >= 15 is 0 Å². The van der Waals surface area contributed by atoms with Crippen molar-refractivity contribution in [1.82, 2.24) is 0 Å². The molecule has 0 heterocycles. The van der Waals surface area contributed by atoms with E-state index in [1.165, 1.54) is 43.7 Å². The Hall–Kier alpha value is -2.29. The van der Waals surface area contributed by atoms with Crippen LogP contribution in [0.4, 0.5) is 0 Å². The highest BCUT2D eigenvalue weighted by molar-refractivity contribution is 5.69. The van der Waals surface area contributed by atoms with E-state index in [9.17, 15) is 4.79 Å². The minimum Gasteiger partial charge on any atom is -0.497 e. The van der Waals surface area contributed by atoms with Gasteiger partial charge in [0.2, 0.25) is 0 Å². The Labute approximate surface area is 149 Å². The molecule has 0 amide bonds. The van der Waals surface area contributed by atoms with Crippen molar-refractivity contribution in [3.8, 4) is 11.5 Å². The lowest BCUT2D eigenvalue weighted by Crippen LogP contribution is -2.33. The average Bonchev–Trinajstić information content (AvgIpc) is 3.24. The van der Waals surface area contributed by atoms with Crippen molar-refractivity contribution < 1.29 is 14.3 Å². The second-order valence-electron chi connectivity index (χ2n) is 7.40. The highest BCUT2D eigenvalue weighted by Gasteiger charge is 2.52. The number of hydrogen-bond donors (Lipinski definition) is 0. The molecule has 3 atom stereocenters. The van der Waals surface area contributed by atoms with Crippen LogP contribution >= 0.6 is 0 Å². The molecular formula is C22H24O3. The van der Waals surface area contributed by atoms with Gasteiger partial charge in [-0.3, -0.25) is 4.79 Å². The number of benzene rings is 2. The molecule has 0 aromatic heterocycles. The van der Waals surface area contributed by atoms with Crippen LogP contribution in [0.2, 0.25) is 0 Å². The predicted octanol–water partition coefficient (Wildman–Crippen LogP) is 4.73. The van der Waals surface area contributed by atoms with Crippen LogP contribution < -0.4 is 9.47 Å². The van der Waals surface area contributed by atoms with Crippen LogP contribution in [0.5, 0.6) is 11.5 Å². The lowest BCUT2D eigenvalue weighted by molar-refractivity contribution is -0.131. The van der Waals surface area contributed by atoms with Gasteiger partial charge in [0, 0.05) is 12.3 Å². The summed E-state index contributed by atoms with van der Waals surface area (Å²) in [6, 6.07) is 16.7. The quantitative estimate of drug-likeness (QED) is 0.598. The van der Waals surface area contributed by atoms with E-state index in [0.717, 1.165) is 11.7 Å². The Morgan fingerprint density at radius 2 is 1.56 bits per heavy atom. The summed E-state index contributed by atoms with van der Waals surface area (Å²) in [5, 5.41) is 0. The summed E-state index contributed by atoms with van der Waals surface area (Å²) in [7, 11) is 1.70. The normalized spacial score (nSPS) is 27.3. The van der Waals surface area contributed by atoms with Crippen molar-refractivity contribution in [2.75, 3.05) is 7.11 Å². The summed E-state index contributed by atoms with van der Waals surface area (Å²) in [5.74, 6) is 2.74. The van der Waals surface area contributed by atoms with Crippen molar-refractivity contribution in [3.63, 3.8) is 0 Å². The van der Waals surface area contributed by atoms with Crippen LogP contribution in [0.1, 0.15) is 43.7 Å². The van der Waals surface area contributed by atoms with Crippen LogP contribution in [0.3, 0.4) is 0 Å². The maximum atomic E-state index is 11.2. The molecule has 0 spiro atoms. The molecule has 2 saturated carbocycles. The van der Waals surface area contributed by atoms with Crippen molar-refractivity contribution in [1.29, 1.82) is 0 Å². The van der Waals surface area contributed by atoms with E-state index in [2.05, 4.69) is 36.4 Å². The van der Waals surface area contributed by atoms with Gasteiger partial charge in [-0.15, -0.1) is 0 Å². The van der Waals surface area contributed by atoms with Gasteiger partial charge in [-0.25, -0.2) is 0 Å². The topological polar surface area (TPSA) is 35.5 Å². The summed E-state index contributed by atoms with van der Waals surface area (Å²) >= 11 is 0. The molecule has 130 valence electrons. The van der Waals surface area contributed by atoms with Gasteiger partial charge in [0.15, 0.2) is 0 Å². The maximum absolute atomic E-state index is 11.2. The molecule has 0 radical (unpaired) electrons. The van der Waals surface area contributed by atoms with Crippen molar-refractivity contribution in [2.24, 2.45) is 11.8 Å². The number of rotatable bonds is 4. The Kier molecular flexibility index (Phi) is 4.03. The van der Waals surface area contributed by atoms with Gasteiger partial charge in [0.25, 0.3) is 0 Å². The monoisotopic (exact) mass is 336 g/mol. The Morgan fingerprint density at radius 1 is 0.960 bits per heavy atom. The summed E-state index contributed by atoms with van der Waals surface area (Å²) in [6.07, 6.45) is 5.17. The van der Waals surface area contributed by atoms with Crippen LogP contribution in [-0.4, -0.2) is 13.1 Å². The average molecular weight is 336 g/mol. The molecule has 0 N–H and O–H groups in total. The summed E-state index contributed by atoms with van der Waals surface area (Å²) in [5.41, 5.74) is 2.78. The fraction of sp³-hybridized carbons (Fsp3) is 0.409. The van der Waals surface area contributed by atoms with E-state index in [1.807, 2.05) is 12.1 Å². The molecule has 2 fully saturated rings. The molecule has 0 aliphatic heterocycles. The van der Waals surface area contributed by atoms with Gasteiger partial charge >= 0.3 is 5.97 Å². The zero-order chi connectivity index (χ0) is 17.4. The van der Waals surface area contributed by atoms with Crippen LogP contribution in [0.15, 0.2) is 48.5 Å². The third kappa shape index (κ3) is 2.72. The fourth-order valence-corrected chi connectivity index (χ4v) is 5.08. The van der Waals surface area contributed by atoms with E-state index in [-0.39, 0.29) is 11.4 Å². The molecular weight excluding hydrogens is 312 g/mol. The first-order valence-corrected chi connectivity index (χ1v) is 9.05. The van der Waals surface area contributed by atoms with Crippen molar-refractivity contribution in [2.45, 2.75) is 38.0 Å². The Bertz CT molecular complexity index is 763. The van der Waals surface area contributed by atoms with Crippen LogP contribution in [-0.2, 0) is 10.2 Å². The lowest BCUT2D eigenvalue weighted by atomic mass is 9.64. The van der Waals surface area contributed by atoms with Gasteiger partial charge in [0.05, 0.1) is 7.11 Å². The molecule has 2 bridgehead atoms. The molecule has 0 saturated heterocycles. The molecule has 25 heavy (non-hydrogen) atoms. The first-order chi connectivity index (χ1) is 12.1. The third-order valence-electron chi connectivity index (χ3n) is 6.08. The number of fused-ring (bicyclic) bond motifs is 2. The zero-order valence-corrected chi connectivity index (χ0v) is 14.8. The van der Waals surface area contributed by atoms with E-state index in [4.69, 9.17) is 9.47 Å². The fourth-order valence-electron chi connectivity index (χ4n) is 5.08. The SMILES string of the molecule is COc1ccc(C2(c3ccc(OC(C)=O)cc3)CC3CCC2C3)cc1. The minimum absolute atomic E-state index is 0.0734. The molecule has 2 aliphatic rings. The van der Waals surface area contributed by atoms with E-state index in [0.29, 0.717) is 11.7 Å². The standard InChI is InChI=1S/C22H24O3/c1-15(23)25-21-11-7-18(8-12-21)22(14-16-3-4-19(22)13-16)17-5-9-20(24-2)10-6-17/h5-12,16,19H,3-4,13-14H2,1-2H3. The number of carbonyl (C=O) groups excluding carboxylic acids is 1. The number of esters is 1. The van der Waals surface area contributed by atoms with Crippen LogP contribution in [0, 0.1) is 11.8 Å². The molecule has 2 aliphatic carbocycles. The molecule has 3 unspecified atom stereocenters. The summed E-state index contributed by atoms with van der Waals surface area (Å²) in [6.45, 7) is 1.43. The first-order valence-electron chi connectivity index (χ1n) is 9.05. The second-order valence-corrected chi connectivity index (χ2v) is 7.40. The minimum atomic E-state index is -0.280. The van der Waals surface area contributed by atoms with E-state index < -0.39 is 0 Å². The molecule has 2 aromatic rings. The van der Waals surface area contributed by atoms with E-state index in [1.54, 1.807) is 7.11 Å². The van der Waals surface area contributed by atoms with Crippen LogP contribution in [0.25, 0.3) is 0 Å². The summed E-state index contributed by atoms with van der Waals surface area (Å²) in [4.78, 5) is 11.2. The lowest BCUT2D eigenvalue weighted by Gasteiger charge is -2.39. The van der Waals surface area contributed by atoms with Gasteiger partial charge in [-0.1, -0.05) is 30.7 Å². The number of carbonyl (C=O) groups is 1. The maximum Gasteiger partial charge on any atom is 0.308 e. The van der Waals surface area contributed by atoms with Gasteiger partial charge < -0.3 is 9.47 Å². The van der Waals surface area contributed by atoms with Crippen molar-refractivity contribution in [3.05, 3.63) is 59.7 Å². The largest absolute Gasteiger partial charge is 0.497 e. The van der Waals surface area contributed by atoms with Gasteiger partial charge in [-0.2, -0.15) is 0 Å². The number of ether oxygens (including phenoxy) is 2. The molecule has 3 heteroatoms. The summed E-state index contributed by atoms with van der Waals surface area (Å²) < 4.78 is 10.5. The number of hydrogen-bond acceptors (Lipinski definition) is 3. The molecule has 3 nitrogen and oxygen atoms in total. The smallest absolute Gasteiger partial charge is 0.308 e. The third-order valence-corrected chi connectivity index (χ3v) is 6.08. The highest BCUT2D eigenvalue weighted by atomic mass is 16.5. The molecule has 2 aromatic carbocycles. The first kappa shape index (κ1) is 16.2. The number of methoxy groups -OCH3 is 1. The van der Waals surface area contributed by atoms with Gasteiger partial charge in [0.1, 0.15) is 11.5 Å². The van der Waals surface area contributed by atoms with Crippen molar-refractivity contribution >= 4 is 5.97 Å². The second kappa shape index (κ2) is 6.21. The highest BCUT2D eigenvalue weighted by Crippen LogP contribution is 2.60. The predicted molar refractivity (Wildman–Crippen MR) is 97.0 cm³/mol.